The van der Waals surface area contributed by atoms with Gasteiger partial charge in [0.1, 0.15) is 5.78 Å². The highest BCUT2D eigenvalue weighted by molar-refractivity contribution is 9.09. The van der Waals surface area contributed by atoms with E-state index in [-0.39, 0.29) is 22.4 Å². The summed E-state index contributed by atoms with van der Waals surface area (Å²) < 4.78 is 36.7. The topological polar surface area (TPSA) is 17.1 Å². The van der Waals surface area contributed by atoms with Crippen molar-refractivity contribution in [2.24, 2.45) is 0 Å². The summed E-state index contributed by atoms with van der Waals surface area (Å²) >= 11 is 3.00. The Hall–Kier alpha value is -0.490. The molecule has 1 nitrogen and oxygen atoms in total. The summed E-state index contributed by atoms with van der Waals surface area (Å²) in [5.41, 5.74) is -2.95. The largest absolute Gasteiger partial charge is 0.446 e. The average molecular weight is 327 g/mol. The van der Waals surface area contributed by atoms with Gasteiger partial charge in [-0.1, -0.05) is 22.0 Å². The molecule has 1 aromatic rings. The molecule has 0 aliphatic rings. The molecule has 0 saturated carbocycles. The summed E-state index contributed by atoms with van der Waals surface area (Å²) in [6, 6.07) is 4.38. The molecule has 0 heterocycles. The number of thioether (sulfide) groups is 1. The lowest BCUT2D eigenvalue weighted by atomic mass is 10.0. The summed E-state index contributed by atoms with van der Waals surface area (Å²) in [6.45, 7) is 3.15. The van der Waals surface area contributed by atoms with Crippen molar-refractivity contribution in [2.45, 2.75) is 29.1 Å². The SMILES string of the molecule is CC(=O)C(Br)c1cc(SC(F)(F)F)ccc1C. The van der Waals surface area contributed by atoms with Crippen LogP contribution < -0.4 is 0 Å². The van der Waals surface area contributed by atoms with Crippen LogP contribution in [0.5, 0.6) is 0 Å². The lowest BCUT2D eigenvalue weighted by molar-refractivity contribution is -0.116. The highest BCUT2D eigenvalue weighted by Crippen LogP contribution is 2.39. The number of alkyl halides is 4. The fourth-order valence-electron chi connectivity index (χ4n) is 1.31. The first-order valence-corrected chi connectivity index (χ1v) is 6.45. The molecule has 0 aromatic heterocycles. The van der Waals surface area contributed by atoms with Crippen molar-refractivity contribution in [2.75, 3.05) is 0 Å². The molecule has 94 valence electrons. The Balaban J connectivity index is 3.06. The first-order valence-electron chi connectivity index (χ1n) is 4.71. The van der Waals surface area contributed by atoms with Gasteiger partial charge in [-0.15, -0.1) is 0 Å². The fourth-order valence-corrected chi connectivity index (χ4v) is 2.39. The summed E-state index contributed by atoms with van der Waals surface area (Å²) in [5.74, 6) is -0.137. The number of carbonyl (C=O) groups excluding carboxylic acids is 1. The van der Waals surface area contributed by atoms with Crippen molar-refractivity contribution in [1.29, 1.82) is 0 Å². The smallest absolute Gasteiger partial charge is 0.298 e. The van der Waals surface area contributed by atoms with Crippen LogP contribution in [0.25, 0.3) is 0 Å². The van der Waals surface area contributed by atoms with Gasteiger partial charge in [0.2, 0.25) is 0 Å². The van der Waals surface area contributed by atoms with Crippen LogP contribution in [-0.2, 0) is 4.79 Å². The van der Waals surface area contributed by atoms with Crippen molar-refractivity contribution in [3.05, 3.63) is 29.3 Å². The Kier molecular flexibility index (Phi) is 4.66. The molecule has 0 aliphatic heterocycles. The van der Waals surface area contributed by atoms with E-state index in [2.05, 4.69) is 15.9 Å². The number of carbonyl (C=O) groups is 1. The second kappa shape index (κ2) is 5.44. The van der Waals surface area contributed by atoms with Gasteiger partial charge in [-0.2, -0.15) is 13.2 Å². The van der Waals surface area contributed by atoms with E-state index >= 15 is 0 Å². The van der Waals surface area contributed by atoms with Gasteiger partial charge in [0.25, 0.3) is 0 Å². The normalized spacial score (nSPS) is 13.5. The Bertz CT molecular complexity index is 431. The van der Waals surface area contributed by atoms with Crippen LogP contribution in [0.15, 0.2) is 23.1 Å². The van der Waals surface area contributed by atoms with E-state index in [9.17, 15) is 18.0 Å². The van der Waals surface area contributed by atoms with Gasteiger partial charge in [-0.05, 0) is 48.9 Å². The Morgan fingerprint density at radius 2 is 2.00 bits per heavy atom. The quantitative estimate of drug-likeness (QED) is 0.595. The molecule has 1 rings (SSSR count). The highest BCUT2D eigenvalue weighted by atomic mass is 79.9. The van der Waals surface area contributed by atoms with Crippen LogP contribution in [-0.4, -0.2) is 11.3 Å². The number of hydrogen-bond donors (Lipinski definition) is 0. The van der Waals surface area contributed by atoms with Crippen molar-refractivity contribution < 1.29 is 18.0 Å². The number of ketones is 1. The van der Waals surface area contributed by atoms with Gasteiger partial charge < -0.3 is 0 Å². The Labute approximate surface area is 110 Å². The van der Waals surface area contributed by atoms with E-state index in [1.165, 1.54) is 19.1 Å². The summed E-state index contributed by atoms with van der Waals surface area (Å²) in [5, 5.41) is 0. The molecule has 0 radical (unpaired) electrons. The second-order valence-corrected chi connectivity index (χ2v) is 5.59. The molecule has 0 aliphatic carbocycles. The van der Waals surface area contributed by atoms with E-state index in [0.717, 1.165) is 5.56 Å². The maximum absolute atomic E-state index is 12.2. The van der Waals surface area contributed by atoms with Crippen molar-refractivity contribution in [3.63, 3.8) is 0 Å². The Morgan fingerprint density at radius 1 is 1.41 bits per heavy atom. The van der Waals surface area contributed by atoms with E-state index in [1.54, 1.807) is 13.0 Å². The predicted molar refractivity (Wildman–Crippen MR) is 65.4 cm³/mol. The number of hydrogen-bond acceptors (Lipinski definition) is 2. The minimum Gasteiger partial charge on any atom is -0.298 e. The van der Waals surface area contributed by atoms with Crippen LogP contribution in [0.4, 0.5) is 13.2 Å². The first kappa shape index (κ1) is 14.6. The predicted octanol–water partition coefficient (Wildman–Crippen LogP) is 4.63. The molecule has 0 fully saturated rings. The van der Waals surface area contributed by atoms with Crippen LogP contribution in [0, 0.1) is 6.92 Å². The third-order valence-corrected chi connectivity index (χ3v) is 3.97. The van der Waals surface area contributed by atoms with E-state index < -0.39 is 10.3 Å². The standard InChI is InChI=1S/C11H10BrF3OS/c1-6-3-4-8(17-11(13,14)15)5-9(6)10(12)7(2)16/h3-5,10H,1-2H3. The third kappa shape index (κ3) is 4.35. The van der Waals surface area contributed by atoms with E-state index in [1.807, 2.05) is 0 Å². The van der Waals surface area contributed by atoms with Gasteiger partial charge in [0.05, 0.1) is 4.83 Å². The number of aryl methyl sites for hydroxylation is 1. The zero-order valence-electron chi connectivity index (χ0n) is 9.14. The fraction of sp³-hybridized carbons (Fsp3) is 0.364. The number of halogens is 4. The monoisotopic (exact) mass is 326 g/mol. The van der Waals surface area contributed by atoms with Gasteiger partial charge in [-0.25, -0.2) is 0 Å². The summed E-state index contributed by atoms with van der Waals surface area (Å²) in [7, 11) is 0. The molecule has 0 amide bonds. The lowest BCUT2D eigenvalue weighted by Gasteiger charge is -2.13. The van der Waals surface area contributed by atoms with Crippen LogP contribution in [0.1, 0.15) is 22.9 Å². The molecule has 0 N–H and O–H groups in total. The van der Waals surface area contributed by atoms with Crippen LogP contribution >= 0.6 is 27.7 Å². The maximum atomic E-state index is 12.2. The average Bonchev–Trinajstić information content (AvgIpc) is 2.17. The second-order valence-electron chi connectivity index (χ2n) is 3.54. The number of Topliss-reactive ketones (excluding diaryl/α,β-unsaturated/α-hetero) is 1. The van der Waals surface area contributed by atoms with Gasteiger partial charge in [0.15, 0.2) is 0 Å². The van der Waals surface area contributed by atoms with Crippen molar-refractivity contribution >= 4 is 33.5 Å². The molecular formula is C11H10BrF3OS. The molecule has 0 spiro atoms. The van der Waals surface area contributed by atoms with Gasteiger partial charge in [-0.3, -0.25) is 4.79 Å². The van der Waals surface area contributed by atoms with Gasteiger partial charge in [0, 0.05) is 4.90 Å². The highest BCUT2D eigenvalue weighted by Gasteiger charge is 2.29. The molecule has 0 saturated heterocycles. The number of rotatable bonds is 3. The summed E-state index contributed by atoms with van der Waals surface area (Å²) in [4.78, 5) is 10.7. The molecule has 17 heavy (non-hydrogen) atoms. The van der Waals surface area contributed by atoms with E-state index in [0.29, 0.717) is 5.56 Å². The summed E-state index contributed by atoms with van der Waals surface area (Å²) in [6.07, 6.45) is 0. The van der Waals surface area contributed by atoms with Crippen LogP contribution in [0.2, 0.25) is 0 Å². The zero-order chi connectivity index (χ0) is 13.2. The third-order valence-electron chi connectivity index (χ3n) is 2.11. The molecule has 0 bridgehead atoms. The van der Waals surface area contributed by atoms with Gasteiger partial charge >= 0.3 is 5.51 Å². The molecule has 6 heteroatoms. The van der Waals surface area contributed by atoms with Crippen molar-refractivity contribution in [1.82, 2.24) is 0 Å². The maximum Gasteiger partial charge on any atom is 0.446 e. The van der Waals surface area contributed by atoms with E-state index in [4.69, 9.17) is 0 Å². The zero-order valence-corrected chi connectivity index (χ0v) is 11.5. The molecule has 1 unspecified atom stereocenters. The molecular weight excluding hydrogens is 317 g/mol. The van der Waals surface area contributed by atoms with Crippen molar-refractivity contribution in [3.8, 4) is 0 Å². The first-order chi connectivity index (χ1) is 7.70. The minimum atomic E-state index is -4.31. The number of benzene rings is 1. The van der Waals surface area contributed by atoms with Crippen LogP contribution in [0.3, 0.4) is 0 Å². The lowest BCUT2D eigenvalue weighted by Crippen LogP contribution is -2.04. The minimum absolute atomic E-state index is 0.0869. The molecule has 1 aromatic carbocycles. The Morgan fingerprint density at radius 3 is 2.47 bits per heavy atom. The molecule has 1 atom stereocenters.